The third kappa shape index (κ3) is 4.26. The minimum atomic E-state index is -0.0356. The number of amides is 1. The number of carbonyl (C=O) groups is 1. The average Bonchev–Trinajstić information content (AvgIpc) is 3.22. The summed E-state index contributed by atoms with van der Waals surface area (Å²) < 4.78 is 10.8. The lowest BCUT2D eigenvalue weighted by Crippen LogP contribution is -2.48. The molecule has 0 aliphatic carbocycles. The second-order valence-electron chi connectivity index (χ2n) is 6.76. The van der Waals surface area contributed by atoms with Gasteiger partial charge in [-0.3, -0.25) is 9.69 Å². The van der Waals surface area contributed by atoms with Gasteiger partial charge in [-0.2, -0.15) is 4.98 Å². The van der Waals surface area contributed by atoms with Gasteiger partial charge in [0.05, 0.1) is 29.8 Å². The Bertz CT molecular complexity index is 999. The number of halogens is 1. The molecule has 1 aromatic heterocycles. The molecule has 1 aliphatic rings. The molecule has 2 heterocycles. The number of benzene rings is 2. The van der Waals surface area contributed by atoms with Crippen molar-refractivity contribution in [2.24, 2.45) is 0 Å². The van der Waals surface area contributed by atoms with Gasteiger partial charge in [-0.25, -0.2) is 0 Å². The average molecular weight is 413 g/mol. The fraction of sp³-hybridized carbons (Fsp3) is 0.286. The molecule has 150 valence electrons. The van der Waals surface area contributed by atoms with Gasteiger partial charge in [-0.1, -0.05) is 41.0 Å². The number of hydrogen-bond donors (Lipinski definition) is 0. The van der Waals surface area contributed by atoms with Crippen LogP contribution in [0.3, 0.4) is 0 Å². The Balaban J connectivity index is 1.36. The van der Waals surface area contributed by atoms with Gasteiger partial charge in [-0.05, 0) is 24.3 Å². The Morgan fingerprint density at radius 3 is 2.59 bits per heavy atom. The van der Waals surface area contributed by atoms with Crippen molar-refractivity contribution in [2.45, 2.75) is 6.54 Å². The van der Waals surface area contributed by atoms with Gasteiger partial charge in [-0.15, -0.1) is 0 Å². The molecule has 1 saturated heterocycles. The van der Waals surface area contributed by atoms with Crippen molar-refractivity contribution in [3.8, 4) is 17.1 Å². The number of hydrogen-bond acceptors (Lipinski definition) is 6. The largest absolute Gasteiger partial charge is 0.496 e. The third-order valence-electron chi connectivity index (χ3n) is 4.94. The van der Waals surface area contributed by atoms with E-state index < -0.39 is 0 Å². The molecule has 1 amide bonds. The van der Waals surface area contributed by atoms with Gasteiger partial charge in [0.1, 0.15) is 5.75 Å². The zero-order chi connectivity index (χ0) is 20.2. The van der Waals surface area contributed by atoms with Crippen molar-refractivity contribution < 1.29 is 14.1 Å². The highest BCUT2D eigenvalue weighted by Crippen LogP contribution is 2.27. The first-order valence-electron chi connectivity index (χ1n) is 9.38. The molecular weight excluding hydrogens is 392 g/mol. The molecule has 0 unspecified atom stereocenters. The number of methoxy groups -OCH3 is 1. The molecular formula is C21H21ClN4O3. The molecule has 0 spiro atoms. The smallest absolute Gasteiger partial charge is 0.255 e. The number of nitrogens with zero attached hydrogens (tertiary/aromatic N) is 4. The minimum absolute atomic E-state index is 0.0356. The molecule has 7 nitrogen and oxygen atoms in total. The molecule has 4 rings (SSSR count). The van der Waals surface area contributed by atoms with Crippen LogP contribution in [-0.4, -0.2) is 59.1 Å². The topological polar surface area (TPSA) is 71.7 Å². The van der Waals surface area contributed by atoms with Crippen LogP contribution in [0.1, 0.15) is 16.2 Å². The predicted molar refractivity (Wildman–Crippen MR) is 109 cm³/mol. The van der Waals surface area contributed by atoms with Crippen molar-refractivity contribution in [2.75, 3.05) is 33.3 Å². The Kier molecular flexibility index (Phi) is 5.78. The molecule has 0 bridgehead atoms. The van der Waals surface area contributed by atoms with Crippen LogP contribution in [0.15, 0.2) is 53.1 Å². The summed E-state index contributed by atoms with van der Waals surface area (Å²) in [6.07, 6.45) is 0. The summed E-state index contributed by atoms with van der Waals surface area (Å²) in [6, 6.07) is 14.7. The number of ether oxygens (including phenoxy) is 1. The number of carbonyl (C=O) groups excluding carboxylic acids is 1. The highest BCUT2D eigenvalue weighted by atomic mass is 35.5. The molecule has 3 aromatic rings. The number of rotatable bonds is 5. The van der Waals surface area contributed by atoms with Crippen LogP contribution in [0.4, 0.5) is 0 Å². The van der Waals surface area contributed by atoms with Crippen molar-refractivity contribution >= 4 is 17.5 Å². The molecule has 1 aliphatic heterocycles. The second kappa shape index (κ2) is 8.63. The van der Waals surface area contributed by atoms with E-state index in [0.29, 0.717) is 47.7 Å². The van der Waals surface area contributed by atoms with E-state index in [4.69, 9.17) is 20.9 Å². The minimum Gasteiger partial charge on any atom is -0.496 e. The predicted octanol–water partition coefficient (Wildman–Crippen LogP) is 3.36. The number of piperazine rings is 1. The normalized spacial score (nSPS) is 14.8. The van der Waals surface area contributed by atoms with Gasteiger partial charge in [0.15, 0.2) is 0 Å². The molecule has 0 atom stereocenters. The van der Waals surface area contributed by atoms with E-state index in [2.05, 4.69) is 15.0 Å². The molecule has 0 radical (unpaired) electrons. The summed E-state index contributed by atoms with van der Waals surface area (Å²) in [5.41, 5.74) is 1.33. The summed E-state index contributed by atoms with van der Waals surface area (Å²) in [5, 5.41) is 4.56. The highest BCUT2D eigenvalue weighted by molar-refractivity contribution is 6.33. The Morgan fingerprint density at radius 2 is 1.83 bits per heavy atom. The van der Waals surface area contributed by atoms with Crippen LogP contribution in [0, 0.1) is 0 Å². The summed E-state index contributed by atoms with van der Waals surface area (Å²) in [5.74, 6) is 1.71. The van der Waals surface area contributed by atoms with Crippen molar-refractivity contribution in [3.63, 3.8) is 0 Å². The van der Waals surface area contributed by atoms with Crippen LogP contribution in [0.5, 0.6) is 5.75 Å². The summed E-state index contributed by atoms with van der Waals surface area (Å²) >= 11 is 6.15. The Morgan fingerprint density at radius 1 is 1.10 bits per heavy atom. The first-order chi connectivity index (χ1) is 14.2. The van der Waals surface area contributed by atoms with E-state index in [9.17, 15) is 4.79 Å². The van der Waals surface area contributed by atoms with Gasteiger partial charge in [0, 0.05) is 26.2 Å². The van der Waals surface area contributed by atoms with Crippen molar-refractivity contribution in [1.82, 2.24) is 19.9 Å². The van der Waals surface area contributed by atoms with Gasteiger partial charge < -0.3 is 14.2 Å². The fourth-order valence-electron chi connectivity index (χ4n) is 3.36. The second-order valence-corrected chi connectivity index (χ2v) is 7.17. The van der Waals surface area contributed by atoms with E-state index in [-0.39, 0.29) is 5.91 Å². The van der Waals surface area contributed by atoms with E-state index in [1.807, 2.05) is 41.3 Å². The summed E-state index contributed by atoms with van der Waals surface area (Å²) in [7, 11) is 1.61. The van der Waals surface area contributed by atoms with Crippen molar-refractivity contribution in [3.05, 3.63) is 65.0 Å². The zero-order valence-electron chi connectivity index (χ0n) is 16.0. The van der Waals surface area contributed by atoms with Gasteiger partial charge in [0.2, 0.25) is 11.7 Å². The zero-order valence-corrected chi connectivity index (χ0v) is 16.8. The maximum Gasteiger partial charge on any atom is 0.255 e. The fourth-order valence-corrected chi connectivity index (χ4v) is 3.58. The van der Waals surface area contributed by atoms with Crippen LogP contribution in [0.2, 0.25) is 5.02 Å². The lowest BCUT2D eigenvalue weighted by atomic mass is 10.2. The summed E-state index contributed by atoms with van der Waals surface area (Å²) in [6.45, 7) is 3.23. The van der Waals surface area contributed by atoms with Gasteiger partial charge >= 0.3 is 0 Å². The quantitative estimate of drug-likeness (QED) is 0.640. The van der Waals surface area contributed by atoms with E-state index in [1.54, 1.807) is 19.2 Å². The Hall–Kier alpha value is -2.90. The number of para-hydroxylation sites is 1. The highest BCUT2D eigenvalue weighted by Gasteiger charge is 2.24. The van der Waals surface area contributed by atoms with E-state index in [0.717, 1.165) is 18.7 Å². The van der Waals surface area contributed by atoms with Crippen LogP contribution < -0.4 is 4.74 Å². The molecule has 0 N–H and O–H groups in total. The van der Waals surface area contributed by atoms with E-state index >= 15 is 0 Å². The van der Waals surface area contributed by atoms with Crippen LogP contribution in [-0.2, 0) is 6.54 Å². The molecule has 2 aromatic carbocycles. The molecule has 29 heavy (non-hydrogen) atoms. The Labute approximate surface area is 173 Å². The summed E-state index contributed by atoms with van der Waals surface area (Å²) in [4.78, 5) is 21.2. The molecule has 8 heteroatoms. The van der Waals surface area contributed by atoms with Crippen molar-refractivity contribution in [1.29, 1.82) is 0 Å². The van der Waals surface area contributed by atoms with Crippen LogP contribution >= 0.6 is 11.6 Å². The monoisotopic (exact) mass is 412 g/mol. The third-order valence-corrected chi connectivity index (χ3v) is 5.27. The maximum atomic E-state index is 12.7. The standard InChI is InChI=1S/C21H21ClN4O3/c1-28-18-9-5-3-7-16(18)20-23-19(29-24-20)14-25-10-12-26(13-11-25)21(27)15-6-2-4-8-17(15)22/h2-9H,10-14H2,1H3. The van der Waals surface area contributed by atoms with E-state index in [1.165, 1.54) is 0 Å². The molecule has 1 fully saturated rings. The molecule has 0 saturated carbocycles. The lowest BCUT2D eigenvalue weighted by Gasteiger charge is -2.34. The number of aromatic nitrogens is 2. The first kappa shape index (κ1) is 19.4. The lowest BCUT2D eigenvalue weighted by molar-refractivity contribution is 0.0615. The maximum absolute atomic E-state index is 12.7. The van der Waals surface area contributed by atoms with Gasteiger partial charge in [0.25, 0.3) is 5.91 Å². The SMILES string of the molecule is COc1ccccc1-c1noc(CN2CCN(C(=O)c3ccccc3Cl)CC2)n1. The van der Waals surface area contributed by atoms with Crippen LogP contribution in [0.25, 0.3) is 11.4 Å². The first-order valence-corrected chi connectivity index (χ1v) is 9.75.